The SMILES string of the molecule is Cc1cnccc1N1CCCN(Cc2ccc(CN3CCCC3)s2)CC1. The number of thiophene rings is 1. The number of hydrogen-bond acceptors (Lipinski definition) is 5. The van der Waals surface area contributed by atoms with E-state index in [4.69, 9.17) is 0 Å². The van der Waals surface area contributed by atoms with Crippen LogP contribution >= 0.6 is 11.3 Å². The minimum Gasteiger partial charge on any atom is -0.370 e. The Bertz CT molecular complexity index is 708. The average Bonchev–Trinajstić information content (AvgIpc) is 3.25. The molecule has 0 spiro atoms. The van der Waals surface area contributed by atoms with Gasteiger partial charge in [-0.3, -0.25) is 14.8 Å². The van der Waals surface area contributed by atoms with Crippen molar-refractivity contribution in [2.45, 2.75) is 39.3 Å². The second-order valence-corrected chi connectivity index (χ2v) is 8.88. The highest BCUT2D eigenvalue weighted by Crippen LogP contribution is 2.24. The summed E-state index contributed by atoms with van der Waals surface area (Å²) >= 11 is 2.01. The number of pyridine rings is 1. The number of aryl methyl sites for hydroxylation is 1. The third kappa shape index (κ3) is 4.45. The Morgan fingerprint density at radius 1 is 0.846 bits per heavy atom. The Morgan fingerprint density at radius 3 is 2.27 bits per heavy atom. The van der Waals surface area contributed by atoms with Gasteiger partial charge in [0.2, 0.25) is 0 Å². The Labute approximate surface area is 161 Å². The molecule has 4 nitrogen and oxygen atoms in total. The highest BCUT2D eigenvalue weighted by molar-refractivity contribution is 7.11. The van der Waals surface area contributed by atoms with Crippen molar-refractivity contribution in [1.29, 1.82) is 0 Å². The molecule has 0 radical (unpaired) electrons. The first-order valence-electron chi connectivity index (χ1n) is 9.96. The molecule has 2 aliphatic heterocycles. The first kappa shape index (κ1) is 18.0. The monoisotopic (exact) mass is 370 g/mol. The van der Waals surface area contributed by atoms with E-state index in [1.165, 1.54) is 59.9 Å². The van der Waals surface area contributed by atoms with Gasteiger partial charge in [0, 0.05) is 67.1 Å². The standard InChI is InChI=1S/C21H30N4S/c1-18-15-22-8-7-21(18)25-12-4-11-24(13-14-25)17-20-6-5-19(26-20)16-23-9-2-3-10-23/h5-8,15H,2-4,9-14,16-17H2,1H3. The quantitative estimate of drug-likeness (QED) is 0.799. The topological polar surface area (TPSA) is 22.6 Å². The molecule has 4 heterocycles. The molecule has 0 amide bonds. The third-order valence-electron chi connectivity index (χ3n) is 5.59. The van der Waals surface area contributed by atoms with Crippen LogP contribution in [0.15, 0.2) is 30.6 Å². The summed E-state index contributed by atoms with van der Waals surface area (Å²) in [6, 6.07) is 6.86. The molecule has 2 saturated heterocycles. The molecular formula is C21H30N4S. The number of hydrogen-bond donors (Lipinski definition) is 0. The van der Waals surface area contributed by atoms with Gasteiger partial charge in [0.15, 0.2) is 0 Å². The van der Waals surface area contributed by atoms with Gasteiger partial charge in [-0.2, -0.15) is 0 Å². The van der Waals surface area contributed by atoms with E-state index in [9.17, 15) is 0 Å². The number of likely N-dealkylation sites (tertiary alicyclic amines) is 1. The molecule has 2 aromatic heterocycles. The summed E-state index contributed by atoms with van der Waals surface area (Å²) in [4.78, 5) is 15.0. The minimum atomic E-state index is 1.10. The lowest BCUT2D eigenvalue weighted by Gasteiger charge is -2.24. The molecule has 2 fully saturated rings. The van der Waals surface area contributed by atoms with Crippen molar-refractivity contribution in [3.8, 4) is 0 Å². The fraction of sp³-hybridized carbons (Fsp3) is 0.571. The molecule has 0 atom stereocenters. The Kier molecular flexibility index (Phi) is 5.88. The van der Waals surface area contributed by atoms with Crippen LogP contribution in [0.25, 0.3) is 0 Å². The largest absolute Gasteiger partial charge is 0.370 e. The summed E-state index contributed by atoms with van der Waals surface area (Å²) < 4.78 is 0. The fourth-order valence-corrected chi connectivity index (χ4v) is 5.27. The van der Waals surface area contributed by atoms with Crippen LogP contribution in [0.1, 0.15) is 34.6 Å². The summed E-state index contributed by atoms with van der Waals surface area (Å²) in [6.45, 7) is 11.6. The summed E-state index contributed by atoms with van der Waals surface area (Å²) in [6.07, 6.45) is 7.87. The van der Waals surface area contributed by atoms with Crippen LogP contribution in [-0.2, 0) is 13.1 Å². The molecular weight excluding hydrogens is 340 g/mol. The predicted molar refractivity (Wildman–Crippen MR) is 110 cm³/mol. The van der Waals surface area contributed by atoms with Gasteiger partial charge in [0.05, 0.1) is 0 Å². The Morgan fingerprint density at radius 2 is 1.54 bits per heavy atom. The number of nitrogens with zero attached hydrogens (tertiary/aromatic N) is 4. The van der Waals surface area contributed by atoms with Crippen LogP contribution in [-0.4, -0.2) is 54.1 Å². The van der Waals surface area contributed by atoms with Crippen molar-refractivity contribution < 1.29 is 0 Å². The van der Waals surface area contributed by atoms with Crippen LogP contribution in [0.5, 0.6) is 0 Å². The Balaban J connectivity index is 1.32. The summed E-state index contributed by atoms with van der Waals surface area (Å²) in [7, 11) is 0. The number of rotatable bonds is 5. The van der Waals surface area contributed by atoms with Crippen molar-refractivity contribution in [2.75, 3.05) is 44.2 Å². The lowest BCUT2D eigenvalue weighted by Crippen LogP contribution is -2.30. The lowest BCUT2D eigenvalue weighted by atomic mass is 10.2. The van der Waals surface area contributed by atoms with E-state index < -0.39 is 0 Å². The van der Waals surface area contributed by atoms with Crippen molar-refractivity contribution >= 4 is 17.0 Å². The molecule has 0 aromatic carbocycles. The summed E-state index contributed by atoms with van der Waals surface area (Å²) in [5.74, 6) is 0. The predicted octanol–water partition coefficient (Wildman–Crippen LogP) is 3.76. The van der Waals surface area contributed by atoms with Gasteiger partial charge in [-0.05, 0) is 63.0 Å². The second-order valence-electron chi connectivity index (χ2n) is 7.63. The van der Waals surface area contributed by atoms with E-state index in [-0.39, 0.29) is 0 Å². The highest BCUT2D eigenvalue weighted by atomic mass is 32.1. The molecule has 0 saturated carbocycles. The third-order valence-corrected chi connectivity index (χ3v) is 6.65. The van der Waals surface area contributed by atoms with Gasteiger partial charge >= 0.3 is 0 Å². The summed E-state index contributed by atoms with van der Waals surface area (Å²) in [5, 5.41) is 0. The minimum absolute atomic E-state index is 1.10. The smallest absolute Gasteiger partial charge is 0.0427 e. The van der Waals surface area contributed by atoms with Gasteiger partial charge in [-0.1, -0.05) is 0 Å². The van der Waals surface area contributed by atoms with E-state index in [1.807, 2.05) is 23.7 Å². The maximum absolute atomic E-state index is 4.23. The summed E-state index contributed by atoms with van der Waals surface area (Å²) in [5.41, 5.74) is 2.64. The molecule has 140 valence electrons. The van der Waals surface area contributed by atoms with Crippen LogP contribution in [0.2, 0.25) is 0 Å². The molecule has 2 aromatic rings. The maximum Gasteiger partial charge on any atom is 0.0427 e. The molecule has 4 rings (SSSR count). The first-order valence-corrected chi connectivity index (χ1v) is 10.8. The van der Waals surface area contributed by atoms with Crippen LogP contribution in [0.4, 0.5) is 5.69 Å². The molecule has 5 heteroatoms. The van der Waals surface area contributed by atoms with E-state index >= 15 is 0 Å². The zero-order chi connectivity index (χ0) is 17.8. The van der Waals surface area contributed by atoms with Crippen molar-refractivity contribution in [3.63, 3.8) is 0 Å². The normalized spacial score (nSPS) is 19.8. The Hall–Kier alpha value is -1.43. The molecule has 0 bridgehead atoms. The zero-order valence-corrected chi connectivity index (χ0v) is 16.7. The van der Waals surface area contributed by atoms with Gasteiger partial charge in [0.25, 0.3) is 0 Å². The first-order chi connectivity index (χ1) is 12.8. The van der Waals surface area contributed by atoms with Gasteiger partial charge in [-0.25, -0.2) is 0 Å². The zero-order valence-electron chi connectivity index (χ0n) is 15.9. The van der Waals surface area contributed by atoms with Crippen LogP contribution in [0, 0.1) is 6.92 Å². The molecule has 0 unspecified atom stereocenters. The van der Waals surface area contributed by atoms with Gasteiger partial charge < -0.3 is 4.90 Å². The van der Waals surface area contributed by atoms with E-state index in [0.717, 1.165) is 32.7 Å². The van der Waals surface area contributed by atoms with Crippen molar-refractivity contribution in [1.82, 2.24) is 14.8 Å². The maximum atomic E-state index is 4.23. The average molecular weight is 371 g/mol. The second kappa shape index (κ2) is 8.51. The van der Waals surface area contributed by atoms with Gasteiger partial charge in [0.1, 0.15) is 0 Å². The number of aromatic nitrogens is 1. The van der Waals surface area contributed by atoms with E-state index in [2.05, 4.69) is 44.8 Å². The van der Waals surface area contributed by atoms with E-state index in [0.29, 0.717) is 0 Å². The van der Waals surface area contributed by atoms with E-state index in [1.54, 1.807) is 0 Å². The highest BCUT2D eigenvalue weighted by Gasteiger charge is 2.18. The van der Waals surface area contributed by atoms with Crippen LogP contribution < -0.4 is 4.90 Å². The molecule has 26 heavy (non-hydrogen) atoms. The lowest BCUT2D eigenvalue weighted by molar-refractivity contribution is 0.288. The molecule has 2 aliphatic rings. The number of anilines is 1. The molecule has 0 aliphatic carbocycles. The fourth-order valence-electron chi connectivity index (χ4n) is 4.16. The van der Waals surface area contributed by atoms with Crippen LogP contribution in [0.3, 0.4) is 0 Å². The molecule has 0 N–H and O–H groups in total. The van der Waals surface area contributed by atoms with Crippen molar-refractivity contribution in [3.05, 3.63) is 45.9 Å². The van der Waals surface area contributed by atoms with Gasteiger partial charge in [-0.15, -0.1) is 11.3 Å². The van der Waals surface area contributed by atoms with Crippen molar-refractivity contribution in [2.24, 2.45) is 0 Å².